The molecule has 0 amide bonds. The van der Waals surface area contributed by atoms with E-state index in [2.05, 4.69) is 16.0 Å². The van der Waals surface area contributed by atoms with Crippen LogP contribution in [0.3, 0.4) is 0 Å². The van der Waals surface area contributed by atoms with Crippen LogP contribution < -0.4 is 0 Å². The Kier molecular flexibility index (Phi) is 3.47. The van der Waals surface area contributed by atoms with Crippen molar-refractivity contribution in [2.24, 2.45) is 0 Å². The number of likely N-dealkylation sites (tertiary alicyclic amines) is 1. The van der Waals surface area contributed by atoms with E-state index in [4.69, 9.17) is 14.7 Å². The zero-order valence-electron chi connectivity index (χ0n) is 10.8. The monoisotopic (exact) mass is 259 g/mol. The van der Waals surface area contributed by atoms with Crippen LogP contribution in [0.4, 0.5) is 0 Å². The number of nitriles is 1. The van der Waals surface area contributed by atoms with Crippen LogP contribution in [0.15, 0.2) is 18.3 Å². The van der Waals surface area contributed by atoms with Gasteiger partial charge in [0.25, 0.3) is 0 Å². The van der Waals surface area contributed by atoms with Crippen molar-refractivity contribution in [2.75, 3.05) is 26.3 Å². The number of rotatable bonds is 2. The molecule has 1 spiro atoms. The standard InChI is InChI=1S/C14H17N3O2/c15-10-13-12(2-1-5-16-13)11-17-6-3-14(4-7-17)18-8-9-19-14/h1-2,5H,3-4,6-9,11H2. The molecule has 0 bridgehead atoms. The molecule has 0 aliphatic carbocycles. The number of hydrogen-bond acceptors (Lipinski definition) is 5. The fourth-order valence-corrected chi connectivity index (χ4v) is 2.75. The number of piperidine rings is 1. The molecule has 3 rings (SSSR count). The first kappa shape index (κ1) is 12.5. The summed E-state index contributed by atoms with van der Waals surface area (Å²) in [6.45, 7) is 4.05. The minimum absolute atomic E-state index is 0.330. The van der Waals surface area contributed by atoms with Gasteiger partial charge in [-0.3, -0.25) is 4.90 Å². The van der Waals surface area contributed by atoms with Gasteiger partial charge in [0, 0.05) is 44.2 Å². The lowest BCUT2D eigenvalue weighted by atomic mass is 10.0. The maximum atomic E-state index is 9.04. The summed E-state index contributed by atoms with van der Waals surface area (Å²) < 4.78 is 11.4. The lowest BCUT2D eigenvalue weighted by molar-refractivity contribution is -0.185. The molecule has 0 saturated carbocycles. The minimum Gasteiger partial charge on any atom is -0.347 e. The fourth-order valence-electron chi connectivity index (χ4n) is 2.75. The lowest BCUT2D eigenvalue weighted by Crippen LogP contribution is -2.44. The van der Waals surface area contributed by atoms with E-state index in [9.17, 15) is 0 Å². The molecule has 100 valence electrons. The molecule has 0 unspecified atom stereocenters. The number of aromatic nitrogens is 1. The highest BCUT2D eigenvalue weighted by molar-refractivity contribution is 5.30. The number of hydrogen-bond donors (Lipinski definition) is 0. The molecule has 0 N–H and O–H groups in total. The van der Waals surface area contributed by atoms with Gasteiger partial charge in [-0.2, -0.15) is 5.26 Å². The molecule has 0 radical (unpaired) electrons. The Hall–Kier alpha value is -1.48. The number of nitrogens with zero attached hydrogens (tertiary/aromatic N) is 3. The maximum absolute atomic E-state index is 9.04. The Morgan fingerprint density at radius 1 is 1.32 bits per heavy atom. The molecule has 2 saturated heterocycles. The molecule has 3 heterocycles. The molecule has 19 heavy (non-hydrogen) atoms. The molecule has 2 aliphatic rings. The first-order chi connectivity index (χ1) is 9.31. The van der Waals surface area contributed by atoms with Crippen molar-refractivity contribution < 1.29 is 9.47 Å². The van der Waals surface area contributed by atoms with Gasteiger partial charge in [-0.05, 0) is 6.07 Å². The highest BCUT2D eigenvalue weighted by Crippen LogP contribution is 2.31. The van der Waals surface area contributed by atoms with Gasteiger partial charge in [-0.25, -0.2) is 4.98 Å². The molecule has 5 heteroatoms. The SMILES string of the molecule is N#Cc1ncccc1CN1CCC2(CC1)OCCO2. The summed E-state index contributed by atoms with van der Waals surface area (Å²) in [5.74, 6) is -0.330. The highest BCUT2D eigenvalue weighted by Gasteiger charge is 2.39. The van der Waals surface area contributed by atoms with E-state index in [1.165, 1.54) is 0 Å². The normalized spacial score (nSPS) is 22.5. The fraction of sp³-hybridized carbons (Fsp3) is 0.571. The molecule has 2 fully saturated rings. The zero-order valence-corrected chi connectivity index (χ0v) is 10.8. The zero-order chi connectivity index (χ0) is 13.1. The van der Waals surface area contributed by atoms with Gasteiger partial charge in [0.05, 0.1) is 13.2 Å². The number of ether oxygens (including phenoxy) is 2. The van der Waals surface area contributed by atoms with Gasteiger partial charge >= 0.3 is 0 Å². The van der Waals surface area contributed by atoms with E-state index >= 15 is 0 Å². The average molecular weight is 259 g/mol. The van der Waals surface area contributed by atoms with E-state index < -0.39 is 0 Å². The lowest BCUT2D eigenvalue weighted by Gasteiger charge is -2.37. The van der Waals surface area contributed by atoms with Gasteiger partial charge < -0.3 is 9.47 Å². The largest absolute Gasteiger partial charge is 0.347 e. The summed E-state index contributed by atoms with van der Waals surface area (Å²) in [6, 6.07) is 6.00. The minimum atomic E-state index is -0.330. The average Bonchev–Trinajstić information content (AvgIpc) is 2.91. The summed E-state index contributed by atoms with van der Waals surface area (Å²) >= 11 is 0. The van der Waals surface area contributed by atoms with Crippen LogP contribution in [0.5, 0.6) is 0 Å². The maximum Gasteiger partial charge on any atom is 0.170 e. The van der Waals surface area contributed by atoms with Gasteiger partial charge in [0.2, 0.25) is 0 Å². The molecule has 0 aromatic carbocycles. The third-order valence-electron chi connectivity index (χ3n) is 3.82. The smallest absolute Gasteiger partial charge is 0.170 e. The van der Waals surface area contributed by atoms with Crippen molar-refractivity contribution in [2.45, 2.75) is 25.2 Å². The predicted octanol–water partition coefficient (Wildman–Crippen LogP) is 1.29. The van der Waals surface area contributed by atoms with E-state index in [-0.39, 0.29) is 5.79 Å². The quantitative estimate of drug-likeness (QED) is 0.801. The summed E-state index contributed by atoms with van der Waals surface area (Å²) in [7, 11) is 0. The third-order valence-corrected chi connectivity index (χ3v) is 3.82. The Labute approximate surface area is 112 Å². The summed E-state index contributed by atoms with van der Waals surface area (Å²) in [5.41, 5.74) is 1.52. The molecule has 1 aromatic rings. The van der Waals surface area contributed by atoms with Crippen molar-refractivity contribution in [1.29, 1.82) is 5.26 Å². The van der Waals surface area contributed by atoms with Crippen LogP contribution in [0.25, 0.3) is 0 Å². The van der Waals surface area contributed by atoms with Crippen LogP contribution in [-0.4, -0.2) is 42.0 Å². The van der Waals surface area contributed by atoms with Crippen molar-refractivity contribution in [1.82, 2.24) is 9.88 Å². The Morgan fingerprint density at radius 3 is 2.74 bits per heavy atom. The third kappa shape index (κ3) is 2.61. The second-order valence-corrected chi connectivity index (χ2v) is 5.01. The van der Waals surface area contributed by atoms with Crippen molar-refractivity contribution in [3.8, 4) is 6.07 Å². The second kappa shape index (κ2) is 5.25. The van der Waals surface area contributed by atoms with Gasteiger partial charge in [0.15, 0.2) is 5.79 Å². The molecule has 0 atom stereocenters. The van der Waals surface area contributed by atoms with Crippen LogP contribution in [0.2, 0.25) is 0 Å². The van der Waals surface area contributed by atoms with Crippen molar-refractivity contribution in [3.63, 3.8) is 0 Å². The molecule has 2 aliphatic heterocycles. The van der Waals surface area contributed by atoms with Crippen molar-refractivity contribution >= 4 is 0 Å². The summed E-state index contributed by atoms with van der Waals surface area (Å²) in [6.07, 6.45) is 3.46. The van der Waals surface area contributed by atoms with Gasteiger partial charge in [0.1, 0.15) is 11.8 Å². The van der Waals surface area contributed by atoms with Crippen LogP contribution in [-0.2, 0) is 16.0 Å². The summed E-state index contributed by atoms with van der Waals surface area (Å²) in [4.78, 5) is 6.42. The van der Waals surface area contributed by atoms with Crippen LogP contribution >= 0.6 is 0 Å². The first-order valence-electron chi connectivity index (χ1n) is 6.66. The molecule has 1 aromatic heterocycles. The van der Waals surface area contributed by atoms with Crippen LogP contribution in [0.1, 0.15) is 24.1 Å². The topological polar surface area (TPSA) is 58.4 Å². The van der Waals surface area contributed by atoms with E-state index in [1.54, 1.807) is 6.20 Å². The van der Waals surface area contributed by atoms with E-state index in [1.807, 2.05) is 12.1 Å². The van der Waals surface area contributed by atoms with E-state index in [0.29, 0.717) is 18.9 Å². The molecule has 5 nitrogen and oxygen atoms in total. The Bertz CT molecular complexity index is 482. The predicted molar refractivity (Wildman–Crippen MR) is 68.1 cm³/mol. The summed E-state index contributed by atoms with van der Waals surface area (Å²) in [5, 5.41) is 9.04. The first-order valence-corrected chi connectivity index (χ1v) is 6.66. The Morgan fingerprint density at radius 2 is 2.05 bits per heavy atom. The Balaban J connectivity index is 1.62. The molecular weight excluding hydrogens is 242 g/mol. The number of pyridine rings is 1. The van der Waals surface area contributed by atoms with E-state index in [0.717, 1.165) is 38.0 Å². The molecular formula is C14H17N3O2. The van der Waals surface area contributed by atoms with Gasteiger partial charge in [-0.1, -0.05) is 6.07 Å². The highest BCUT2D eigenvalue weighted by atomic mass is 16.7. The van der Waals surface area contributed by atoms with Crippen LogP contribution in [0, 0.1) is 11.3 Å². The second-order valence-electron chi connectivity index (χ2n) is 5.01. The van der Waals surface area contributed by atoms with Crippen molar-refractivity contribution in [3.05, 3.63) is 29.6 Å². The van der Waals surface area contributed by atoms with Gasteiger partial charge in [-0.15, -0.1) is 0 Å².